The number of amides is 3. The molecule has 0 bridgehead atoms. The zero-order valence-corrected chi connectivity index (χ0v) is 21.2. The first-order chi connectivity index (χ1) is 19.0. The molecule has 3 aromatic carbocycles. The summed E-state index contributed by atoms with van der Waals surface area (Å²) in [4.78, 5) is 59.2. The van der Waals surface area contributed by atoms with Gasteiger partial charge in [0.2, 0.25) is 0 Å². The van der Waals surface area contributed by atoms with Crippen molar-refractivity contribution < 1.29 is 28.8 Å². The average molecular weight is 523 g/mol. The zero-order chi connectivity index (χ0) is 26.7. The highest BCUT2D eigenvalue weighted by molar-refractivity contribution is 6.21. The minimum absolute atomic E-state index is 0.105. The van der Waals surface area contributed by atoms with Crippen molar-refractivity contribution in [1.29, 1.82) is 0 Å². The van der Waals surface area contributed by atoms with Crippen LogP contribution in [0, 0.1) is 5.41 Å². The third-order valence-corrected chi connectivity index (χ3v) is 8.71. The van der Waals surface area contributed by atoms with Crippen molar-refractivity contribution in [3.8, 4) is 11.1 Å². The first-order valence-corrected chi connectivity index (χ1v) is 13.3. The molecule has 1 saturated heterocycles. The lowest BCUT2D eigenvalue weighted by Gasteiger charge is -2.53. The summed E-state index contributed by atoms with van der Waals surface area (Å²) in [5.74, 6) is -2.26. The topological polar surface area (TPSA) is 93.2 Å². The van der Waals surface area contributed by atoms with E-state index in [-0.39, 0.29) is 23.7 Å². The quantitative estimate of drug-likeness (QED) is 0.451. The van der Waals surface area contributed by atoms with Gasteiger partial charge in [-0.2, -0.15) is 0 Å². The SMILES string of the molecule is O=C(ON1C(=O)c2ccccc2C1=O)C1N(C(=O)OCC2c3ccccc3-c3ccccc32)CC12CCCC2. The minimum Gasteiger partial charge on any atom is -0.448 e. The number of benzene rings is 3. The second-order valence-corrected chi connectivity index (χ2v) is 10.8. The Morgan fingerprint density at radius 2 is 1.28 bits per heavy atom. The Labute approximate surface area is 225 Å². The maximum absolute atomic E-state index is 13.5. The van der Waals surface area contributed by atoms with Gasteiger partial charge in [-0.15, -0.1) is 0 Å². The molecular formula is C31H26N2O6. The second kappa shape index (κ2) is 8.80. The van der Waals surface area contributed by atoms with Crippen LogP contribution in [0.3, 0.4) is 0 Å². The summed E-state index contributed by atoms with van der Waals surface area (Å²) in [6, 6.07) is 21.6. The number of rotatable bonds is 4. The summed E-state index contributed by atoms with van der Waals surface area (Å²) in [6.45, 7) is 0.516. The van der Waals surface area contributed by atoms with Crippen molar-refractivity contribution in [3.05, 3.63) is 95.1 Å². The maximum atomic E-state index is 13.5. The van der Waals surface area contributed by atoms with Crippen LogP contribution < -0.4 is 0 Å². The third-order valence-electron chi connectivity index (χ3n) is 8.71. The smallest absolute Gasteiger partial charge is 0.410 e. The summed E-state index contributed by atoms with van der Waals surface area (Å²) < 4.78 is 5.82. The van der Waals surface area contributed by atoms with Crippen molar-refractivity contribution in [3.63, 3.8) is 0 Å². The molecule has 3 amide bonds. The monoisotopic (exact) mass is 522 g/mol. The van der Waals surface area contributed by atoms with Crippen LogP contribution in [0.4, 0.5) is 4.79 Å². The van der Waals surface area contributed by atoms with Crippen LogP contribution in [0.5, 0.6) is 0 Å². The van der Waals surface area contributed by atoms with Crippen LogP contribution >= 0.6 is 0 Å². The number of ether oxygens (including phenoxy) is 1. The van der Waals surface area contributed by atoms with E-state index in [1.54, 1.807) is 12.1 Å². The van der Waals surface area contributed by atoms with Crippen LogP contribution in [0.2, 0.25) is 0 Å². The molecule has 4 aliphatic rings. The molecule has 2 fully saturated rings. The lowest BCUT2D eigenvalue weighted by Crippen LogP contribution is -2.69. The third kappa shape index (κ3) is 3.51. The van der Waals surface area contributed by atoms with Crippen molar-refractivity contribution in [2.75, 3.05) is 13.2 Å². The fourth-order valence-corrected chi connectivity index (χ4v) is 6.86. The molecule has 39 heavy (non-hydrogen) atoms. The number of hydrogen-bond donors (Lipinski definition) is 0. The number of imide groups is 1. The predicted molar refractivity (Wildman–Crippen MR) is 139 cm³/mol. The van der Waals surface area contributed by atoms with Gasteiger partial charge in [0.25, 0.3) is 11.8 Å². The number of nitrogens with zero attached hydrogens (tertiary/aromatic N) is 2. The Kier molecular flexibility index (Phi) is 5.33. The van der Waals surface area contributed by atoms with Gasteiger partial charge < -0.3 is 9.57 Å². The molecule has 2 aliphatic carbocycles. The van der Waals surface area contributed by atoms with Gasteiger partial charge in [-0.1, -0.05) is 78.6 Å². The Bertz CT molecular complexity index is 1460. The van der Waals surface area contributed by atoms with E-state index in [0.29, 0.717) is 11.6 Å². The maximum Gasteiger partial charge on any atom is 0.410 e. The van der Waals surface area contributed by atoms with E-state index in [0.717, 1.165) is 47.9 Å². The van der Waals surface area contributed by atoms with Crippen LogP contribution in [0.25, 0.3) is 11.1 Å². The number of hydrogen-bond acceptors (Lipinski definition) is 6. The summed E-state index contributed by atoms with van der Waals surface area (Å²) in [5.41, 5.74) is 4.41. The zero-order valence-electron chi connectivity index (χ0n) is 21.2. The van der Waals surface area contributed by atoms with E-state index in [1.807, 2.05) is 36.4 Å². The minimum atomic E-state index is -0.917. The Morgan fingerprint density at radius 3 is 1.85 bits per heavy atom. The summed E-state index contributed by atoms with van der Waals surface area (Å²) in [5, 5.41) is 0.518. The van der Waals surface area contributed by atoms with Crippen molar-refractivity contribution in [2.24, 2.45) is 5.41 Å². The number of carbonyl (C=O) groups excluding carboxylic acids is 4. The number of carbonyl (C=O) groups is 4. The van der Waals surface area contributed by atoms with Gasteiger partial charge in [0, 0.05) is 17.9 Å². The fraction of sp³-hybridized carbons (Fsp3) is 0.290. The highest BCUT2D eigenvalue weighted by Crippen LogP contribution is 2.51. The molecule has 1 saturated carbocycles. The van der Waals surface area contributed by atoms with Gasteiger partial charge in [-0.3, -0.25) is 14.5 Å². The first-order valence-electron chi connectivity index (χ1n) is 13.3. The highest BCUT2D eigenvalue weighted by Gasteiger charge is 2.61. The standard InChI is InChI=1S/C31H26N2O6/c34-27-23-13-5-6-14-24(23)28(35)33(27)39-29(36)26-31(15-7-8-16-31)18-32(26)30(37)38-17-25-21-11-3-1-9-19(21)20-10-2-4-12-22(20)25/h1-6,9-14,25-26H,7-8,15-18H2. The molecular weight excluding hydrogens is 496 g/mol. The van der Waals surface area contributed by atoms with Crippen molar-refractivity contribution in [1.82, 2.24) is 9.96 Å². The summed E-state index contributed by atoms with van der Waals surface area (Å²) in [6.07, 6.45) is 2.81. The second-order valence-electron chi connectivity index (χ2n) is 10.8. The molecule has 0 radical (unpaired) electrons. The molecule has 8 nitrogen and oxygen atoms in total. The normalized spacial score (nSPS) is 20.5. The van der Waals surface area contributed by atoms with Gasteiger partial charge in [0.05, 0.1) is 11.1 Å². The number of likely N-dealkylation sites (tertiary alicyclic amines) is 1. The molecule has 2 aliphatic heterocycles. The summed E-state index contributed by atoms with van der Waals surface area (Å²) in [7, 11) is 0. The lowest BCUT2D eigenvalue weighted by atomic mass is 9.70. The molecule has 0 N–H and O–H groups in total. The fourth-order valence-electron chi connectivity index (χ4n) is 6.86. The van der Waals surface area contributed by atoms with E-state index < -0.39 is 35.3 Å². The van der Waals surface area contributed by atoms with Crippen molar-refractivity contribution >= 4 is 23.9 Å². The lowest BCUT2D eigenvalue weighted by molar-refractivity contribution is -0.191. The molecule has 7 rings (SSSR count). The number of hydroxylamine groups is 2. The van der Waals surface area contributed by atoms with E-state index >= 15 is 0 Å². The Morgan fingerprint density at radius 1 is 0.769 bits per heavy atom. The summed E-state index contributed by atoms with van der Waals surface area (Å²) >= 11 is 0. The van der Waals surface area contributed by atoms with E-state index in [9.17, 15) is 19.2 Å². The van der Waals surface area contributed by atoms with Crippen LogP contribution in [-0.4, -0.2) is 53.0 Å². The van der Waals surface area contributed by atoms with Crippen LogP contribution in [0.15, 0.2) is 72.8 Å². The van der Waals surface area contributed by atoms with Gasteiger partial charge in [-0.25, -0.2) is 9.59 Å². The molecule has 196 valence electrons. The van der Waals surface area contributed by atoms with E-state index in [4.69, 9.17) is 9.57 Å². The highest BCUT2D eigenvalue weighted by atomic mass is 16.7. The Hall–Kier alpha value is -4.46. The van der Waals surface area contributed by atoms with Crippen LogP contribution in [0.1, 0.15) is 63.4 Å². The van der Waals surface area contributed by atoms with Gasteiger partial charge >= 0.3 is 12.1 Å². The van der Waals surface area contributed by atoms with Crippen molar-refractivity contribution in [2.45, 2.75) is 37.6 Å². The molecule has 3 aromatic rings. The largest absolute Gasteiger partial charge is 0.448 e. The van der Waals surface area contributed by atoms with E-state index in [1.165, 1.54) is 17.0 Å². The Balaban J connectivity index is 1.09. The average Bonchev–Trinajstić information content (AvgIpc) is 3.63. The first kappa shape index (κ1) is 23.6. The van der Waals surface area contributed by atoms with Gasteiger partial charge in [-0.05, 0) is 47.2 Å². The number of fused-ring (bicyclic) bond motifs is 4. The van der Waals surface area contributed by atoms with Crippen LogP contribution in [-0.2, 0) is 14.4 Å². The molecule has 1 unspecified atom stereocenters. The van der Waals surface area contributed by atoms with Gasteiger partial charge in [0.1, 0.15) is 12.6 Å². The van der Waals surface area contributed by atoms with Gasteiger partial charge in [0.15, 0.2) is 0 Å². The molecule has 1 spiro atoms. The predicted octanol–water partition coefficient (Wildman–Crippen LogP) is 4.93. The molecule has 1 atom stereocenters. The molecule has 8 heteroatoms. The molecule has 2 heterocycles. The molecule has 0 aromatic heterocycles. The van der Waals surface area contributed by atoms with E-state index in [2.05, 4.69) is 12.1 Å².